The smallest absolute Gasteiger partial charge is 0.275 e. The Balaban J connectivity index is 2.73. The van der Waals surface area contributed by atoms with Crippen molar-refractivity contribution in [3.63, 3.8) is 0 Å². The van der Waals surface area contributed by atoms with Gasteiger partial charge in [0, 0.05) is 43.0 Å². The van der Waals surface area contributed by atoms with Gasteiger partial charge in [-0.15, -0.1) is 0 Å². The average Bonchev–Trinajstić information content (AvgIpc) is 2.37. The third-order valence-corrected chi connectivity index (χ3v) is 2.91. The summed E-state index contributed by atoms with van der Waals surface area (Å²) >= 11 is 5.75. The van der Waals surface area contributed by atoms with Crippen molar-refractivity contribution in [3.05, 3.63) is 38.9 Å². The van der Waals surface area contributed by atoms with Crippen LogP contribution in [0.5, 0.6) is 0 Å². The van der Waals surface area contributed by atoms with Gasteiger partial charge in [0.1, 0.15) is 0 Å². The minimum absolute atomic E-state index is 0.0137. The normalized spacial score (nSPS) is 12.4. The SMILES string of the molecule is COCC(CCO)NCc1ccc(Cl)cc1[N+](=O)[O-]. The summed E-state index contributed by atoms with van der Waals surface area (Å²) in [6, 6.07) is 4.51. The van der Waals surface area contributed by atoms with Crippen molar-refractivity contribution in [1.82, 2.24) is 5.32 Å². The van der Waals surface area contributed by atoms with E-state index in [2.05, 4.69) is 5.32 Å². The second-order valence-electron chi connectivity index (χ2n) is 4.08. The molecule has 0 aliphatic carbocycles. The Morgan fingerprint density at radius 3 is 2.89 bits per heavy atom. The largest absolute Gasteiger partial charge is 0.396 e. The summed E-state index contributed by atoms with van der Waals surface area (Å²) in [5.74, 6) is 0. The zero-order chi connectivity index (χ0) is 14.3. The maximum absolute atomic E-state index is 10.9. The number of halogens is 1. The van der Waals surface area contributed by atoms with Crippen molar-refractivity contribution in [3.8, 4) is 0 Å². The van der Waals surface area contributed by atoms with E-state index in [1.54, 1.807) is 19.2 Å². The Morgan fingerprint density at radius 2 is 2.32 bits per heavy atom. The van der Waals surface area contributed by atoms with Gasteiger partial charge in [0.05, 0.1) is 11.5 Å². The molecule has 1 rings (SSSR count). The second kappa shape index (κ2) is 8.06. The predicted molar refractivity (Wildman–Crippen MR) is 72.3 cm³/mol. The molecule has 0 amide bonds. The van der Waals surface area contributed by atoms with Gasteiger partial charge in [0.2, 0.25) is 0 Å². The third kappa shape index (κ3) is 5.12. The number of methoxy groups -OCH3 is 1. The lowest BCUT2D eigenvalue weighted by Gasteiger charge is -2.16. The van der Waals surface area contributed by atoms with Crippen LogP contribution in [-0.4, -0.2) is 36.4 Å². The molecule has 1 aromatic carbocycles. The molecule has 106 valence electrons. The second-order valence-corrected chi connectivity index (χ2v) is 4.51. The molecular formula is C12H17ClN2O4. The summed E-state index contributed by atoms with van der Waals surface area (Å²) in [5, 5.41) is 23.3. The standard InChI is InChI=1S/C12H17ClN2O4/c1-19-8-11(4-5-16)14-7-9-2-3-10(13)6-12(9)15(17)18/h2-3,6,11,14,16H,4-5,7-8H2,1H3. The van der Waals surface area contributed by atoms with E-state index in [0.29, 0.717) is 30.2 Å². The van der Waals surface area contributed by atoms with Crippen molar-refractivity contribution in [2.75, 3.05) is 20.3 Å². The molecule has 1 aromatic rings. The topological polar surface area (TPSA) is 84.6 Å². The first-order chi connectivity index (χ1) is 9.08. The fourth-order valence-electron chi connectivity index (χ4n) is 1.71. The van der Waals surface area contributed by atoms with Gasteiger partial charge in [0.25, 0.3) is 5.69 Å². The van der Waals surface area contributed by atoms with E-state index < -0.39 is 4.92 Å². The summed E-state index contributed by atoms with van der Waals surface area (Å²) in [5.41, 5.74) is 0.536. The number of ether oxygens (including phenoxy) is 1. The quantitative estimate of drug-likeness (QED) is 0.562. The number of benzene rings is 1. The highest BCUT2D eigenvalue weighted by Gasteiger charge is 2.15. The minimum Gasteiger partial charge on any atom is -0.396 e. The summed E-state index contributed by atoms with van der Waals surface area (Å²) in [6.45, 7) is 0.785. The molecule has 0 heterocycles. The van der Waals surface area contributed by atoms with Gasteiger partial charge in [-0.3, -0.25) is 10.1 Å². The highest BCUT2D eigenvalue weighted by molar-refractivity contribution is 6.30. The summed E-state index contributed by atoms with van der Waals surface area (Å²) in [4.78, 5) is 10.5. The van der Waals surface area contributed by atoms with Crippen molar-refractivity contribution in [2.45, 2.75) is 19.0 Å². The van der Waals surface area contributed by atoms with Gasteiger partial charge in [-0.2, -0.15) is 0 Å². The molecule has 0 bridgehead atoms. The first-order valence-electron chi connectivity index (χ1n) is 5.84. The van der Waals surface area contributed by atoms with Crippen molar-refractivity contribution >= 4 is 17.3 Å². The zero-order valence-electron chi connectivity index (χ0n) is 10.6. The van der Waals surface area contributed by atoms with Crippen LogP contribution in [0, 0.1) is 10.1 Å². The Kier molecular flexibility index (Phi) is 6.72. The van der Waals surface area contributed by atoms with E-state index in [1.807, 2.05) is 0 Å². The lowest BCUT2D eigenvalue weighted by molar-refractivity contribution is -0.385. The maximum Gasteiger partial charge on any atom is 0.275 e. The van der Waals surface area contributed by atoms with Crippen LogP contribution in [0.4, 0.5) is 5.69 Å². The monoisotopic (exact) mass is 288 g/mol. The number of aliphatic hydroxyl groups is 1. The van der Waals surface area contributed by atoms with E-state index in [1.165, 1.54) is 6.07 Å². The van der Waals surface area contributed by atoms with E-state index in [-0.39, 0.29) is 18.3 Å². The van der Waals surface area contributed by atoms with Crippen LogP contribution in [0.15, 0.2) is 18.2 Å². The maximum atomic E-state index is 10.9. The molecule has 0 saturated heterocycles. The average molecular weight is 289 g/mol. The molecule has 19 heavy (non-hydrogen) atoms. The molecule has 0 aromatic heterocycles. The fourth-order valence-corrected chi connectivity index (χ4v) is 1.88. The van der Waals surface area contributed by atoms with E-state index in [4.69, 9.17) is 21.4 Å². The molecule has 0 radical (unpaired) electrons. The van der Waals surface area contributed by atoms with Crippen molar-refractivity contribution < 1.29 is 14.8 Å². The lowest BCUT2D eigenvalue weighted by atomic mass is 10.1. The molecule has 7 heteroatoms. The molecule has 0 saturated carbocycles. The first kappa shape index (κ1) is 15.8. The number of nitrogens with one attached hydrogen (secondary N) is 1. The number of hydrogen-bond acceptors (Lipinski definition) is 5. The highest BCUT2D eigenvalue weighted by Crippen LogP contribution is 2.23. The molecule has 6 nitrogen and oxygen atoms in total. The number of hydrogen-bond donors (Lipinski definition) is 2. The van der Waals surface area contributed by atoms with Crippen LogP contribution in [0.1, 0.15) is 12.0 Å². The number of nitrogens with zero attached hydrogens (tertiary/aromatic N) is 1. The predicted octanol–water partition coefficient (Wildman–Crippen LogP) is 1.74. The Bertz CT molecular complexity index is 422. The number of nitro groups is 1. The molecule has 2 N–H and O–H groups in total. The van der Waals surface area contributed by atoms with Crippen molar-refractivity contribution in [1.29, 1.82) is 0 Å². The van der Waals surface area contributed by atoms with E-state index in [0.717, 1.165) is 0 Å². The van der Waals surface area contributed by atoms with E-state index >= 15 is 0 Å². The summed E-state index contributed by atoms with van der Waals surface area (Å²) in [6.07, 6.45) is 0.523. The zero-order valence-corrected chi connectivity index (χ0v) is 11.4. The van der Waals surface area contributed by atoms with Gasteiger partial charge in [-0.25, -0.2) is 0 Å². The molecular weight excluding hydrogens is 272 g/mol. The summed E-state index contributed by atoms with van der Waals surface area (Å²) < 4.78 is 5.01. The third-order valence-electron chi connectivity index (χ3n) is 2.67. The molecule has 0 aliphatic heterocycles. The molecule has 0 spiro atoms. The number of aliphatic hydroxyl groups excluding tert-OH is 1. The molecule has 0 aliphatic rings. The van der Waals surface area contributed by atoms with Gasteiger partial charge in [-0.1, -0.05) is 11.6 Å². The summed E-state index contributed by atoms with van der Waals surface area (Å²) in [7, 11) is 1.57. The van der Waals surface area contributed by atoms with Gasteiger partial charge >= 0.3 is 0 Å². The van der Waals surface area contributed by atoms with E-state index in [9.17, 15) is 10.1 Å². The Labute approximate surface area is 116 Å². The van der Waals surface area contributed by atoms with Crippen LogP contribution in [0.2, 0.25) is 5.02 Å². The van der Waals surface area contributed by atoms with Crippen LogP contribution in [0.3, 0.4) is 0 Å². The molecule has 1 atom stereocenters. The van der Waals surface area contributed by atoms with Gasteiger partial charge < -0.3 is 15.2 Å². The number of nitro benzene ring substituents is 1. The lowest BCUT2D eigenvalue weighted by Crippen LogP contribution is -2.33. The van der Waals surface area contributed by atoms with Crippen LogP contribution in [-0.2, 0) is 11.3 Å². The molecule has 1 unspecified atom stereocenters. The van der Waals surface area contributed by atoms with Gasteiger partial charge in [-0.05, 0) is 18.6 Å². The first-order valence-corrected chi connectivity index (χ1v) is 6.22. The molecule has 0 fully saturated rings. The van der Waals surface area contributed by atoms with Crippen molar-refractivity contribution in [2.24, 2.45) is 0 Å². The van der Waals surface area contributed by atoms with Gasteiger partial charge in [0.15, 0.2) is 0 Å². The highest BCUT2D eigenvalue weighted by atomic mass is 35.5. The minimum atomic E-state index is -0.458. The Morgan fingerprint density at radius 1 is 1.58 bits per heavy atom. The number of rotatable bonds is 8. The Hall–Kier alpha value is -1.21. The van der Waals surface area contributed by atoms with Crippen LogP contribution >= 0.6 is 11.6 Å². The fraction of sp³-hybridized carbons (Fsp3) is 0.500. The van der Waals surface area contributed by atoms with Crippen LogP contribution < -0.4 is 5.32 Å². The van der Waals surface area contributed by atoms with Crippen LogP contribution in [0.25, 0.3) is 0 Å².